The minimum atomic E-state index is -1.02. The lowest BCUT2D eigenvalue weighted by Gasteiger charge is -2.26. The smallest absolute Gasteiger partial charge is 0.317 e. The minimum Gasteiger partial charge on any atom is -0.508 e. The fourth-order valence-corrected chi connectivity index (χ4v) is 3.50. The highest BCUT2D eigenvalue weighted by Gasteiger charge is 2.18. The van der Waals surface area contributed by atoms with Crippen LogP contribution < -0.4 is 5.73 Å². The summed E-state index contributed by atoms with van der Waals surface area (Å²) < 4.78 is 0. The van der Waals surface area contributed by atoms with Gasteiger partial charge in [0.05, 0.1) is 13.1 Å². The summed E-state index contributed by atoms with van der Waals surface area (Å²) in [6.45, 7) is 2.72. The molecular formula is C23H31N3O6. The zero-order valence-electron chi connectivity index (χ0n) is 18.2. The number of phenolic OH excluding ortho intramolecular Hbond substituents is 2. The van der Waals surface area contributed by atoms with Gasteiger partial charge in [0.15, 0.2) is 0 Å². The number of carbonyl (C=O) groups is 2. The van der Waals surface area contributed by atoms with Crippen molar-refractivity contribution in [2.24, 2.45) is 5.73 Å². The van der Waals surface area contributed by atoms with Gasteiger partial charge in [-0.3, -0.25) is 19.4 Å². The van der Waals surface area contributed by atoms with Crippen LogP contribution in [-0.2, 0) is 29.1 Å². The van der Waals surface area contributed by atoms with Gasteiger partial charge in [0.1, 0.15) is 11.5 Å². The molecule has 174 valence electrons. The Kier molecular flexibility index (Phi) is 9.45. The Bertz CT molecular complexity index is 934. The number of aryl methyl sites for hydroxylation is 1. The molecule has 0 aliphatic carbocycles. The summed E-state index contributed by atoms with van der Waals surface area (Å²) in [5.41, 5.74) is 8.66. The molecule has 0 aromatic heterocycles. The van der Waals surface area contributed by atoms with Crippen LogP contribution in [0.15, 0.2) is 36.4 Å². The van der Waals surface area contributed by atoms with Crippen molar-refractivity contribution < 1.29 is 30.0 Å². The Hall–Kier alpha value is -3.14. The van der Waals surface area contributed by atoms with E-state index < -0.39 is 11.9 Å². The summed E-state index contributed by atoms with van der Waals surface area (Å²) in [6.07, 6.45) is 0.637. The first-order valence-electron chi connectivity index (χ1n) is 10.4. The van der Waals surface area contributed by atoms with Gasteiger partial charge in [0.2, 0.25) is 0 Å². The van der Waals surface area contributed by atoms with Gasteiger partial charge < -0.3 is 26.2 Å². The van der Waals surface area contributed by atoms with Crippen LogP contribution in [0.5, 0.6) is 11.5 Å². The Morgan fingerprint density at radius 1 is 0.844 bits per heavy atom. The molecule has 2 aromatic carbocycles. The van der Waals surface area contributed by atoms with Crippen molar-refractivity contribution >= 4 is 11.9 Å². The Morgan fingerprint density at radius 3 is 1.84 bits per heavy atom. The van der Waals surface area contributed by atoms with E-state index in [1.807, 2.05) is 6.92 Å². The molecule has 0 aliphatic heterocycles. The molecule has 0 amide bonds. The zero-order chi connectivity index (χ0) is 23.7. The molecule has 2 aromatic rings. The molecule has 32 heavy (non-hydrogen) atoms. The molecule has 0 unspecified atom stereocenters. The van der Waals surface area contributed by atoms with E-state index in [1.165, 1.54) is 0 Å². The zero-order valence-corrected chi connectivity index (χ0v) is 18.2. The number of benzene rings is 2. The number of aromatic hydroxyl groups is 2. The molecule has 0 aliphatic rings. The largest absolute Gasteiger partial charge is 0.508 e. The topological polar surface area (TPSA) is 148 Å². The SMILES string of the molecule is Cc1ccc(O)c(CN(CCN(CC(=O)O)Cc2cc(CCN)ccc2O)CC(=O)O)c1. The Morgan fingerprint density at radius 2 is 1.34 bits per heavy atom. The van der Waals surface area contributed by atoms with Crippen LogP contribution in [-0.4, -0.2) is 74.9 Å². The second-order valence-corrected chi connectivity index (χ2v) is 7.84. The van der Waals surface area contributed by atoms with Crippen molar-refractivity contribution in [3.8, 4) is 11.5 Å². The summed E-state index contributed by atoms with van der Waals surface area (Å²) in [7, 11) is 0. The third-order valence-corrected chi connectivity index (χ3v) is 5.05. The lowest BCUT2D eigenvalue weighted by Crippen LogP contribution is -2.39. The Labute approximate surface area is 187 Å². The maximum Gasteiger partial charge on any atom is 0.317 e. The number of aliphatic carboxylic acids is 2. The van der Waals surface area contributed by atoms with E-state index in [1.54, 1.807) is 46.2 Å². The van der Waals surface area contributed by atoms with E-state index in [0.717, 1.165) is 11.1 Å². The number of hydrogen-bond acceptors (Lipinski definition) is 7. The monoisotopic (exact) mass is 445 g/mol. The molecule has 0 spiro atoms. The molecule has 0 saturated heterocycles. The highest BCUT2D eigenvalue weighted by Crippen LogP contribution is 2.22. The first-order valence-corrected chi connectivity index (χ1v) is 10.4. The number of carboxylic acids is 2. The molecule has 9 nitrogen and oxygen atoms in total. The maximum atomic E-state index is 11.4. The van der Waals surface area contributed by atoms with Crippen molar-refractivity contribution in [3.63, 3.8) is 0 Å². The molecule has 0 radical (unpaired) electrons. The molecule has 0 atom stereocenters. The summed E-state index contributed by atoms with van der Waals surface area (Å²) in [4.78, 5) is 26.0. The van der Waals surface area contributed by atoms with Gasteiger partial charge in [-0.2, -0.15) is 0 Å². The quantitative estimate of drug-likeness (QED) is 0.308. The molecule has 6 N–H and O–H groups in total. The summed E-state index contributed by atoms with van der Waals surface area (Å²) >= 11 is 0. The van der Waals surface area contributed by atoms with Crippen LogP contribution in [0.1, 0.15) is 22.3 Å². The van der Waals surface area contributed by atoms with Crippen molar-refractivity contribution in [3.05, 3.63) is 58.7 Å². The van der Waals surface area contributed by atoms with Crippen molar-refractivity contribution in [1.82, 2.24) is 9.80 Å². The standard InChI is InChI=1S/C23H31N3O6/c1-16-2-4-20(27)18(10-16)12-25(14-22(29)30)8-9-26(15-23(31)32)13-19-11-17(6-7-24)3-5-21(19)28/h2-5,10-11,27-28H,6-9,12-15,24H2,1H3,(H,29,30)(H,31,32). The van der Waals surface area contributed by atoms with Gasteiger partial charge in [0, 0.05) is 37.3 Å². The number of rotatable bonds is 13. The van der Waals surface area contributed by atoms with Crippen molar-refractivity contribution in [2.45, 2.75) is 26.4 Å². The molecule has 0 heterocycles. The van der Waals surface area contributed by atoms with Gasteiger partial charge in [-0.25, -0.2) is 0 Å². The fraction of sp³-hybridized carbons (Fsp3) is 0.391. The summed E-state index contributed by atoms with van der Waals surface area (Å²) in [6, 6.07) is 10.3. The van der Waals surface area contributed by atoms with E-state index in [2.05, 4.69) is 0 Å². The van der Waals surface area contributed by atoms with Crippen molar-refractivity contribution in [1.29, 1.82) is 0 Å². The normalized spacial score (nSPS) is 11.2. The van der Waals surface area contributed by atoms with E-state index in [4.69, 9.17) is 5.73 Å². The lowest BCUT2D eigenvalue weighted by atomic mass is 10.1. The molecule has 0 bridgehead atoms. The number of nitrogens with two attached hydrogens (primary N) is 1. The van der Waals surface area contributed by atoms with Crippen LogP contribution in [0, 0.1) is 6.92 Å². The van der Waals surface area contributed by atoms with Crippen LogP contribution in [0.25, 0.3) is 0 Å². The van der Waals surface area contributed by atoms with Crippen LogP contribution in [0.4, 0.5) is 0 Å². The van der Waals surface area contributed by atoms with E-state index in [-0.39, 0.29) is 50.8 Å². The predicted octanol–water partition coefficient (Wildman–Crippen LogP) is 1.38. The Balaban J connectivity index is 2.15. The van der Waals surface area contributed by atoms with Crippen LogP contribution in [0.3, 0.4) is 0 Å². The molecule has 0 saturated carbocycles. The number of carboxylic acid groups (broad SMARTS) is 2. The first kappa shape index (κ1) is 25.1. The van der Waals surface area contributed by atoms with E-state index in [9.17, 15) is 30.0 Å². The van der Waals surface area contributed by atoms with Gasteiger partial charge >= 0.3 is 11.9 Å². The summed E-state index contributed by atoms with van der Waals surface area (Å²) in [5.74, 6) is -1.90. The lowest BCUT2D eigenvalue weighted by molar-refractivity contribution is -0.140. The second kappa shape index (κ2) is 12.0. The van der Waals surface area contributed by atoms with Gasteiger partial charge in [-0.05, 0) is 37.6 Å². The minimum absolute atomic E-state index is 0.0632. The van der Waals surface area contributed by atoms with Crippen molar-refractivity contribution in [2.75, 3.05) is 32.7 Å². The predicted molar refractivity (Wildman–Crippen MR) is 120 cm³/mol. The van der Waals surface area contributed by atoms with Gasteiger partial charge in [0.25, 0.3) is 0 Å². The van der Waals surface area contributed by atoms with E-state index in [0.29, 0.717) is 24.1 Å². The average Bonchev–Trinajstić information content (AvgIpc) is 2.70. The van der Waals surface area contributed by atoms with Crippen LogP contribution >= 0.6 is 0 Å². The van der Waals surface area contributed by atoms with Gasteiger partial charge in [-0.15, -0.1) is 0 Å². The van der Waals surface area contributed by atoms with Crippen LogP contribution in [0.2, 0.25) is 0 Å². The third kappa shape index (κ3) is 8.18. The fourth-order valence-electron chi connectivity index (χ4n) is 3.50. The first-order chi connectivity index (χ1) is 15.2. The highest BCUT2D eigenvalue weighted by atomic mass is 16.4. The van der Waals surface area contributed by atoms with Gasteiger partial charge in [-0.1, -0.05) is 29.8 Å². The maximum absolute atomic E-state index is 11.4. The molecular weight excluding hydrogens is 414 g/mol. The average molecular weight is 446 g/mol. The molecule has 0 fully saturated rings. The number of hydrogen-bond donors (Lipinski definition) is 5. The second-order valence-electron chi connectivity index (χ2n) is 7.84. The molecule has 2 rings (SSSR count). The number of nitrogens with zero attached hydrogens (tertiary/aromatic N) is 2. The van der Waals surface area contributed by atoms with E-state index >= 15 is 0 Å². The molecule has 9 heteroatoms. The third-order valence-electron chi connectivity index (χ3n) is 5.05. The highest BCUT2D eigenvalue weighted by molar-refractivity contribution is 5.69. The summed E-state index contributed by atoms with van der Waals surface area (Å²) in [5, 5.41) is 38.9. The number of phenols is 2.